The second-order valence-corrected chi connectivity index (χ2v) is 7.54. The van der Waals surface area contributed by atoms with Crippen LogP contribution in [0.25, 0.3) is 5.69 Å². The Morgan fingerprint density at radius 3 is 2.66 bits per heavy atom. The van der Waals surface area contributed by atoms with E-state index in [-0.39, 0.29) is 48.0 Å². The number of benzene rings is 1. The molecular weight excluding hydrogens is 418 g/mol. The van der Waals surface area contributed by atoms with Gasteiger partial charge in [0.15, 0.2) is 0 Å². The van der Waals surface area contributed by atoms with Gasteiger partial charge in [-0.05, 0) is 31.9 Å². The summed E-state index contributed by atoms with van der Waals surface area (Å²) in [6.07, 6.45) is 4.26. The van der Waals surface area contributed by atoms with Crippen molar-refractivity contribution in [2.24, 2.45) is 5.92 Å². The Balaban J connectivity index is 1.60. The summed E-state index contributed by atoms with van der Waals surface area (Å²) >= 11 is 0. The highest BCUT2D eigenvalue weighted by molar-refractivity contribution is 5.96. The third kappa shape index (κ3) is 5.29. The largest absolute Gasteiger partial charge is 0.466 e. The number of nitro groups is 1. The van der Waals surface area contributed by atoms with E-state index in [0.717, 1.165) is 0 Å². The predicted octanol–water partition coefficient (Wildman–Crippen LogP) is 1.65. The number of ether oxygens (including phenoxy) is 1. The Morgan fingerprint density at radius 2 is 2.00 bits per heavy atom. The molecule has 32 heavy (non-hydrogen) atoms. The summed E-state index contributed by atoms with van der Waals surface area (Å²) in [6, 6.07) is 5.77. The first-order chi connectivity index (χ1) is 15.3. The number of likely N-dealkylation sites (N-methyl/N-ethyl adjacent to an activating group) is 1. The number of hydrogen-bond acceptors (Lipinski definition) is 7. The number of nitrogens with zero attached hydrogens (tertiary/aromatic N) is 5. The van der Waals surface area contributed by atoms with Gasteiger partial charge in [0.1, 0.15) is 0 Å². The fraction of sp³-hybridized carbons (Fsp3) is 0.429. The summed E-state index contributed by atoms with van der Waals surface area (Å²) in [4.78, 5) is 50.6. The minimum Gasteiger partial charge on any atom is -0.466 e. The Hall–Kier alpha value is -3.76. The molecule has 0 N–H and O–H groups in total. The number of hydrogen-bond donors (Lipinski definition) is 0. The van der Waals surface area contributed by atoms with Crippen LogP contribution in [0.15, 0.2) is 36.7 Å². The van der Waals surface area contributed by atoms with E-state index in [1.54, 1.807) is 11.8 Å². The quantitative estimate of drug-likeness (QED) is 0.362. The van der Waals surface area contributed by atoms with Crippen LogP contribution in [0, 0.1) is 16.0 Å². The van der Waals surface area contributed by atoms with Crippen molar-refractivity contribution in [2.45, 2.75) is 19.8 Å². The van der Waals surface area contributed by atoms with E-state index >= 15 is 0 Å². The molecule has 2 amide bonds. The number of aromatic nitrogens is 2. The first-order valence-corrected chi connectivity index (χ1v) is 10.3. The van der Waals surface area contributed by atoms with Gasteiger partial charge in [-0.2, -0.15) is 5.10 Å². The van der Waals surface area contributed by atoms with E-state index in [1.165, 1.54) is 53.3 Å². The number of amides is 2. The molecule has 0 saturated carbocycles. The van der Waals surface area contributed by atoms with Gasteiger partial charge in [-0.15, -0.1) is 0 Å². The molecule has 0 radical (unpaired) electrons. The topological polar surface area (TPSA) is 128 Å². The summed E-state index contributed by atoms with van der Waals surface area (Å²) in [5, 5.41) is 14.9. The first-order valence-electron chi connectivity index (χ1n) is 10.3. The number of esters is 1. The molecule has 1 aromatic heterocycles. The second kappa shape index (κ2) is 10.0. The highest BCUT2D eigenvalue weighted by atomic mass is 16.6. The predicted molar refractivity (Wildman–Crippen MR) is 113 cm³/mol. The standard InChI is InChI=1S/C21H25N5O6/c1-3-32-21(29)15-5-4-10-24(12-15)19(27)14-23(2)20(28)16-11-22-25(13-16)17-6-8-18(9-7-17)26(30)31/h6-9,11,13,15H,3-5,10,12,14H2,1-2H3. The zero-order valence-corrected chi connectivity index (χ0v) is 18.0. The molecule has 1 unspecified atom stereocenters. The summed E-state index contributed by atoms with van der Waals surface area (Å²) in [6.45, 7) is 2.74. The molecule has 2 heterocycles. The van der Waals surface area contributed by atoms with Crippen LogP contribution in [0.3, 0.4) is 0 Å². The van der Waals surface area contributed by atoms with Crippen LogP contribution in [0.5, 0.6) is 0 Å². The zero-order chi connectivity index (χ0) is 23.3. The molecule has 11 nitrogen and oxygen atoms in total. The lowest BCUT2D eigenvalue weighted by atomic mass is 9.98. The lowest BCUT2D eigenvalue weighted by Gasteiger charge is -2.32. The smallest absolute Gasteiger partial charge is 0.310 e. The number of rotatable bonds is 7. The molecule has 0 aliphatic carbocycles. The van der Waals surface area contributed by atoms with E-state index in [1.807, 2.05) is 0 Å². The molecule has 11 heteroatoms. The van der Waals surface area contributed by atoms with Crippen molar-refractivity contribution in [3.8, 4) is 5.69 Å². The van der Waals surface area contributed by atoms with Crippen LogP contribution in [-0.4, -0.2) is 75.6 Å². The molecule has 170 valence electrons. The summed E-state index contributed by atoms with van der Waals surface area (Å²) in [7, 11) is 1.52. The molecule has 2 aromatic rings. The van der Waals surface area contributed by atoms with Gasteiger partial charge in [0.25, 0.3) is 11.6 Å². The number of carbonyl (C=O) groups excluding carboxylic acids is 3. The zero-order valence-electron chi connectivity index (χ0n) is 18.0. The number of nitro benzene ring substituents is 1. The van der Waals surface area contributed by atoms with Gasteiger partial charge in [-0.25, -0.2) is 4.68 Å². The Morgan fingerprint density at radius 1 is 1.28 bits per heavy atom. The van der Waals surface area contributed by atoms with E-state index in [2.05, 4.69) is 5.10 Å². The highest BCUT2D eigenvalue weighted by Crippen LogP contribution is 2.19. The molecule has 1 atom stereocenters. The van der Waals surface area contributed by atoms with Crippen molar-refractivity contribution in [2.75, 3.05) is 33.3 Å². The monoisotopic (exact) mass is 443 g/mol. The lowest BCUT2D eigenvalue weighted by molar-refractivity contribution is -0.384. The minimum atomic E-state index is -0.495. The molecule has 3 rings (SSSR count). The van der Waals surface area contributed by atoms with Gasteiger partial charge in [0.2, 0.25) is 5.91 Å². The summed E-state index contributed by atoms with van der Waals surface area (Å²) in [5.74, 6) is -1.26. The van der Waals surface area contributed by atoms with E-state index in [0.29, 0.717) is 31.7 Å². The van der Waals surface area contributed by atoms with Crippen molar-refractivity contribution in [3.63, 3.8) is 0 Å². The van der Waals surface area contributed by atoms with Crippen LogP contribution in [0.2, 0.25) is 0 Å². The number of piperidine rings is 1. The van der Waals surface area contributed by atoms with Crippen LogP contribution in [0.1, 0.15) is 30.1 Å². The molecule has 1 aromatic carbocycles. The van der Waals surface area contributed by atoms with Crippen LogP contribution in [-0.2, 0) is 14.3 Å². The van der Waals surface area contributed by atoms with Gasteiger partial charge in [0, 0.05) is 38.5 Å². The van der Waals surface area contributed by atoms with Crippen molar-refractivity contribution in [3.05, 3.63) is 52.3 Å². The summed E-state index contributed by atoms with van der Waals surface area (Å²) < 4.78 is 6.49. The van der Waals surface area contributed by atoms with E-state index < -0.39 is 4.92 Å². The van der Waals surface area contributed by atoms with Gasteiger partial charge in [-0.3, -0.25) is 24.5 Å². The van der Waals surface area contributed by atoms with Crippen LogP contribution in [0.4, 0.5) is 5.69 Å². The third-order valence-corrected chi connectivity index (χ3v) is 5.27. The number of carbonyl (C=O) groups is 3. The normalized spacial score (nSPS) is 15.8. The fourth-order valence-corrected chi connectivity index (χ4v) is 3.55. The number of likely N-dealkylation sites (tertiary alicyclic amines) is 1. The molecular formula is C21H25N5O6. The van der Waals surface area contributed by atoms with E-state index in [9.17, 15) is 24.5 Å². The molecule has 0 bridgehead atoms. The van der Waals surface area contributed by atoms with Gasteiger partial charge < -0.3 is 14.5 Å². The van der Waals surface area contributed by atoms with Crippen molar-refractivity contribution in [1.82, 2.24) is 19.6 Å². The fourth-order valence-electron chi connectivity index (χ4n) is 3.55. The minimum absolute atomic E-state index is 0.0432. The second-order valence-electron chi connectivity index (χ2n) is 7.54. The maximum Gasteiger partial charge on any atom is 0.310 e. The molecule has 1 aliphatic heterocycles. The van der Waals surface area contributed by atoms with Crippen molar-refractivity contribution < 1.29 is 24.0 Å². The maximum absolute atomic E-state index is 12.7. The molecule has 1 saturated heterocycles. The van der Waals surface area contributed by atoms with Gasteiger partial charge in [0.05, 0.1) is 41.4 Å². The Bertz CT molecular complexity index is 1000. The molecule has 1 aliphatic rings. The average molecular weight is 443 g/mol. The molecule has 0 spiro atoms. The van der Waals surface area contributed by atoms with Crippen LogP contribution >= 0.6 is 0 Å². The molecule has 1 fully saturated rings. The lowest BCUT2D eigenvalue weighted by Crippen LogP contribution is -2.47. The SMILES string of the molecule is CCOC(=O)C1CCCN(C(=O)CN(C)C(=O)c2cnn(-c3ccc([N+](=O)[O-])cc3)c2)C1. The Labute approximate surface area is 184 Å². The maximum atomic E-state index is 12.7. The summed E-state index contributed by atoms with van der Waals surface area (Å²) in [5.41, 5.74) is 0.798. The van der Waals surface area contributed by atoms with Gasteiger partial charge >= 0.3 is 5.97 Å². The van der Waals surface area contributed by atoms with Crippen LogP contribution < -0.4 is 0 Å². The van der Waals surface area contributed by atoms with Gasteiger partial charge in [-0.1, -0.05) is 0 Å². The third-order valence-electron chi connectivity index (χ3n) is 5.27. The number of non-ortho nitro benzene ring substituents is 1. The van der Waals surface area contributed by atoms with E-state index in [4.69, 9.17) is 4.74 Å². The first kappa shape index (κ1) is 22.9. The highest BCUT2D eigenvalue weighted by Gasteiger charge is 2.30. The van der Waals surface area contributed by atoms with Crippen molar-refractivity contribution in [1.29, 1.82) is 0 Å². The van der Waals surface area contributed by atoms with Crippen molar-refractivity contribution >= 4 is 23.5 Å². The average Bonchev–Trinajstić information content (AvgIpc) is 3.29. The Kier molecular flexibility index (Phi) is 7.18.